The standard InChI is InChI=1S/C12H15F2NO/c1-2-3-9(7-15)12(16)8-4-5-10(13)11(14)6-8/h4-6,9H,2-3,7,15H2,1H3. The average Bonchev–Trinajstić information content (AvgIpc) is 2.28. The highest BCUT2D eigenvalue weighted by molar-refractivity contribution is 5.97. The van der Waals surface area contributed by atoms with Gasteiger partial charge in [0.05, 0.1) is 0 Å². The third-order valence-corrected chi connectivity index (χ3v) is 2.50. The molecule has 0 heterocycles. The first-order valence-corrected chi connectivity index (χ1v) is 5.29. The molecule has 0 aliphatic rings. The van der Waals surface area contributed by atoms with Crippen molar-refractivity contribution in [2.24, 2.45) is 11.7 Å². The lowest BCUT2D eigenvalue weighted by Gasteiger charge is -2.12. The van der Waals surface area contributed by atoms with Crippen LogP contribution in [0.25, 0.3) is 0 Å². The molecular weight excluding hydrogens is 212 g/mol. The topological polar surface area (TPSA) is 43.1 Å². The Morgan fingerprint density at radius 2 is 2.06 bits per heavy atom. The summed E-state index contributed by atoms with van der Waals surface area (Å²) in [6.45, 7) is 2.17. The summed E-state index contributed by atoms with van der Waals surface area (Å²) >= 11 is 0. The molecule has 0 spiro atoms. The van der Waals surface area contributed by atoms with E-state index in [9.17, 15) is 13.6 Å². The fourth-order valence-electron chi connectivity index (χ4n) is 1.59. The van der Waals surface area contributed by atoms with Crippen molar-refractivity contribution in [2.75, 3.05) is 6.54 Å². The number of halogens is 2. The number of rotatable bonds is 5. The van der Waals surface area contributed by atoms with Gasteiger partial charge in [0.15, 0.2) is 17.4 Å². The van der Waals surface area contributed by atoms with Crippen LogP contribution in [-0.2, 0) is 0 Å². The maximum Gasteiger partial charge on any atom is 0.167 e. The van der Waals surface area contributed by atoms with E-state index in [0.29, 0.717) is 6.42 Å². The van der Waals surface area contributed by atoms with Gasteiger partial charge in [0, 0.05) is 18.0 Å². The maximum absolute atomic E-state index is 12.9. The third kappa shape index (κ3) is 2.85. The zero-order valence-electron chi connectivity index (χ0n) is 9.17. The smallest absolute Gasteiger partial charge is 0.167 e. The Morgan fingerprint density at radius 1 is 1.38 bits per heavy atom. The van der Waals surface area contributed by atoms with E-state index in [2.05, 4.69) is 0 Å². The highest BCUT2D eigenvalue weighted by Crippen LogP contribution is 2.16. The Labute approximate surface area is 93.5 Å². The van der Waals surface area contributed by atoms with Crippen LogP contribution in [0.15, 0.2) is 18.2 Å². The van der Waals surface area contributed by atoms with Gasteiger partial charge in [-0.05, 0) is 24.6 Å². The molecule has 4 heteroatoms. The van der Waals surface area contributed by atoms with Crippen LogP contribution in [0, 0.1) is 17.6 Å². The van der Waals surface area contributed by atoms with Gasteiger partial charge in [0.1, 0.15) is 0 Å². The maximum atomic E-state index is 12.9. The highest BCUT2D eigenvalue weighted by atomic mass is 19.2. The lowest BCUT2D eigenvalue weighted by atomic mass is 9.93. The van der Waals surface area contributed by atoms with Gasteiger partial charge in [-0.3, -0.25) is 4.79 Å². The Balaban J connectivity index is 2.90. The number of carbonyl (C=O) groups excluding carboxylic acids is 1. The summed E-state index contributed by atoms with van der Waals surface area (Å²) in [6, 6.07) is 3.18. The molecule has 0 bridgehead atoms. The molecule has 0 aromatic heterocycles. The zero-order chi connectivity index (χ0) is 12.1. The molecule has 0 radical (unpaired) electrons. The molecule has 1 atom stereocenters. The Hall–Kier alpha value is -1.29. The van der Waals surface area contributed by atoms with Gasteiger partial charge >= 0.3 is 0 Å². The first-order chi connectivity index (χ1) is 7.60. The number of ketones is 1. The number of benzene rings is 1. The molecule has 16 heavy (non-hydrogen) atoms. The number of hydrogen-bond donors (Lipinski definition) is 1. The minimum absolute atomic E-state index is 0.183. The monoisotopic (exact) mass is 227 g/mol. The molecule has 0 aliphatic carbocycles. The van der Waals surface area contributed by atoms with E-state index in [-0.39, 0.29) is 23.8 Å². The van der Waals surface area contributed by atoms with Crippen LogP contribution >= 0.6 is 0 Å². The number of hydrogen-bond acceptors (Lipinski definition) is 2. The third-order valence-electron chi connectivity index (χ3n) is 2.50. The molecule has 0 saturated carbocycles. The quantitative estimate of drug-likeness (QED) is 0.785. The Bertz CT molecular complexity index is 379. The molecule has 1 aromatic rings. The van der Waals surface area contributed by atoms with Crippen LogP contribution in [0.2, 0.25) is 0 Å². The van der Waals surface area contributed by atoms with Gasteiger partial charge in [-0.2, -0.15) is 0 Å². The summed E-state index contributed by atoms with van der Waals surface area (Å²) in [5, 5.41) is 0. The molecule has 0 aliphatic heterocycles. The van der Waals surface area contributed by atoms with Crippen molar-refractivity contribution in [1.82, 2.24) is 0 Å². The minimum atomic E-state index is -1.00. The average molecular weight is 227 g/mol. The Morgan fingerprint density at radius 3 is 2.56 bits per heavy atom. The van der Waals surface area contributed by atoms with Crippen molar-refractivity contribution < 1.29 is 13.6 Å². The second-order valence-electron chi connectivity index (χ2n) is 3.71. The predicted octanol–water partition coefficient (Wildman–Crippen LogP) is 2.52. The summed E-state index contributed by atoms with van der Waals surface area (Å²) in [5.74, 6) is -2.48. The van der Waals surface area contributed by atoms with E-state index in [1.165, 1.54) is 6.07 Å². The molecule has 2 nitrogen and oxygen atoms in total. The largest absolute Gasteiger partial charge is 0.330 e. The molecule has 0 saturated heterocycles. The molecule has 0 fully saturated rings. The van der Waals surface area contributed by atoms with Gasteiger partial charge in [-0.25, -0.2) is 8.78 Å². The van der Waals surface area contributed by atoms with Crippen LogP contribution in [0.4, 0.5) is 8.78 Å². The molecule has 2 N–H and O–H groups in total. The van der Waals surface area contributed by atoms with Crippen LogP contribution < -0.4 is 5.73 Å². The number of carbonyl (C=O) groups is 1. The fourth-order valence-corrected chi connectivity index (χ4v) is 1.59. The summed E-state index contributed by atoms with van der Waals surface area (Å²) < 4.78 is 25.6. The summed E-state index contributed by atoms with van der Waals surface area (Å²) in [4.78, 5) is 11.9. The normalized spacial score (nSPS) is 12.5. The predicted molar refractivity (Wildman–Crippen MR) is 58.1 cm³/mol. The van der Waals surface area contributed by atoms with Gasteiger partial charge in [0.2, 0.25) is 0 Å². The van der Waals surface area contributed by atoms with Crippen molar-refractivity contribution in [1.29, 1.82) is 0 Å². The Kier molecular flexibility index (Phi) is 4.55. The van der Waals surface area contributed by atoms with E-state index in [0.717, 1.165) is 18.6 Å². The zero-order valence-corrected chi connectivity index (χ0v) is 9.17. The molecule has 0 amide bonds. The van der Waals surface area contributed by atoms with E-state index < -0.39 is 11.6 Å². The lowest BCUT2D eigenvalue weighted by Crippen LogP contribution is -2.23. The van der Waals surface area contributed by atoms with Crippen molar-refractivity contribution in [3.63, 3.8) is 0 Å². The highest BCUT2D eigenvalue weighted by Gasteiger charge is 2.18. The lowest BCUT2D eigenvalue weighted by molar-refractivity contribution is 0.0917. The van der Waals surface area contributed by atoms with Crippen molar-refractivity contribution in [2.45, 2.75) is 19.8 Å². The van der Waals surface area contributed by atoms with E-state index in [1.807, 2.05) is 6.92 Å². The second-order valence-corrected chi connectivity index (χ2v) is 3.71. The first-order valence-electron chi connectivity index (χ1n) is 5.29. The SMILES string of the molecule is CCCC(CN)C(=O)c1ccc(F)c(F)c1. The van der Waals surface area contributed by atoms with Crippen LogP contribution in [0.1, 0.15) is 30.1 Å². The van der Waals surface area contributed by atoms with Gasteiger partial charge in [-0.1, -0.05) is 13.3 Å². The van der Waals surface area contributed by atoms with E-state index in [4.69, 9.17) is 5.73 Å². The van der Waals surface area contributed by atoms with Gasteiger partial charge < -0.3 is 5.73 Å². The molecule has 1 aromatic carbocycles. The van der Waals surface area contributed by atoms with Crippen molar-refractivity contribution in [3.05, 3.63) is 35.4 Å². The fraction of sp³-hybridized carbons (Fsp3) is 0.417. The van der Waals surface area contributed by atoms with Crippen LogP contribution in [0.5, 0.6) is 0 Å². The molecular formula is C12H15F2NO. The molecule has 1 unspecified atom stereocenters. The van der Waals surface area contributed by atoms with Crippen LogP contribution in [-0.4, -0.2) is 12.3 Å². The minimum Gasteiger partial charge on any atom is -0.330 e. The first kappa shape index (κ1) is 12.8. The summed E-state index contributed by atoms with van der Waals surface area (Å²) in [6.07, 6.45) is 1.49. The number of Topliss-reactive ketones (excluding diaryl/α,β-unsaturated/α-hetero) is 1. The van der Waals surface area contributed by atoms with Crippen molar-refractivity contribution >= 4 is 5.78 Å². The second kappa shape index (κ2) is 5.70. The van der Waals surface area contributed by atoms with E-state index in [1.54, 1.807) is 0 Å². The van der Waals surface area contributed by atoms with Gasteiger partial charge in [-0.15, -0.1) is 0 Å². The molecule has 88 valence electrons. The summed E-state index contributed by atoms with van der Waals surface area (Å²) in [5.41, 5.74) is 5.66. The summed E-state index contributed by atoms with van der Waals surface area (Å²) in [7, 11) is 0. The van der Waals surface area contributed by atoms with Crippen molar-refractivity contribution in [3.8, 4) is 0 Å². The van der Waals surface area contributed by atoms with Gasteiger partial charge in [0.25, 0.3) is 0 Å². The van der Waals surface area contributed by atoms with Crippen LogP contribution in [0.3, 0.4) is 0 Å². The number of nitrogens with two attached hydrogens (primary N) is 1. The molecule has 1 rings (SSSR count). The van der Waals surface area contributed by atoms with E-state index >= 15 is 0 Å².